The Kier molecular flexibility index (Phi) is 5.58. The molecule has 1 aromatic heterocycles. The van der Waals surface area contributed by atoms with Crippen molar-refractivity contribution in [3.63, 3.8) is 0 Å². The van der Waals surface area contributed by atoms with Crippen LogP contribution in [0.1, 0.15) is 41.6 Å². The van der Waals surface area contributed by atoms with Gasteiger partial charge in [-0.25, -0.2) is 4.79 Å². The lowest BCUT2D eigenvalue weighted by molar-refractivity contribution is -0.184. The molecule has 2 heterocycles. The van der Waals surface area contributed by atoms with E-state index in [-0.39, 0.29) is 24.3 Å². The molecule has 8 heteroatoms. The van der Waals surface area contributed by atoms with Crippen LogP contribution in [-0.2, 0) is 6.42 Å². The molecule has 2 aromatic rings. The maximum atomic E-state index is 12.8. The monoisotopic (exact) mass is 420 g/mol. The SMILES string of the molecule is O=C(O)c1ccc2c(c1)N(c1cncc(OCC3CCC(C(F)(F)F)CC3)c1)CC2. The molecule has 0 atom stereocenters. The standard InChI is InChI=1S/C22H23F3N2O3/c23-22(24,25)17-5-1-14(2-6-17)13-30-19-10-18(11-26-12-19)27-8-7-15-3-4-16(21(28)29)9-20(15)27/h3-4,9-12,14,17H,1-2,5-8,13H2,(H,28,29). The lowest BCUT2D eigenvalue weighted by Crippen LogP contribution is -2.29. The number of carboxylic acid groups (broad SMARTS) is 1. The molecule has 0 saturated heterocycles. The van der Waals surface area contributed by atoms with Crippen LogP contribution in [0, 0.1) is 11.8 Å². The van der Waals surface area contributed by atoms with Gasteiger partial charge in [-0.2, -0.15) is 13.2 Å². The van der Waals surface area contributed by atoms with E-state index in [0.29, 0.717) is 31.7 Å². The number of hydrogen-bond donors (Lipinski definition) is 1. The first kappa shape index (κ1) is 20.5. The summed E-state index contributed by atoms with van der Waals surface area (Å²) in [5.41, 5.74) is 2.96. The van der Waals surface area contributed by atoms with Crippen molar-refractivity contribution in [2.24, 2.45) is 11.8 Å². The van der Waals surface area contributed by atoms with E-state index in [1.165, 1.54) is 0 Å². The highest BCUT2D eigenvalue weighted by atomic mass is 19.4. The van der Waals surface area contributed by atoms with Crippen LogP contribution >= 0.6 is 0 Å². The van der Waals surface area contributed by atoms with E-state index >= 15 is 0 Å². The van der Waals surface area contributed by atoms with Gasteiger partial charge in [-0.05, 0) is 55.7 Å². The van der Waals surface area contributed by atoms with Crippen LogP contribution in [0.2, 0.25) is 0 Å². The molecule has 0 amide bonds. The summed E-state index contributed by atoms with van der Waals surface area (Å²) in [6.45, 7) is 1.08. The Hall–Kier alpha value is -2.77. The maximum absolute atomic E-state index is 12.8. The summed E-state index contributed by atoms with van der Waals surface area (Å²) in [5.74, 6) is -1.49. The number of benzene rings is 1. The number of rotatable bonds is 5. The first-order chi connectivity index (χ1) is 14.3. The second-order valence-corrected chi connectivity index (χ2v) is 8.00. The van der Waals surface area contributed by atoms with Gasteiger partial charge in [0.25, 0.3) is 0 Å². The minimum Gasteiger partial charge on any atom is -0.492 e. The van der Waals surface area contributed by atoms with Crippen molar-refractivity contribution >= 4 is 17.3 Å². The third-order valence-electron chi connectivity index (χ3n) is 6.03. The molecule has 0 bridgehead atoms. The lowest BCUT2D eigenvalue weighted by atomic mass is 9.82. The predicted octanol–water partition coefficient (Wildman–Crippen LogP) is 5.22. The second kappa shape index (κ2) is 8.16. The number of aromatic nitrogens is 1. The maximum Gasteiger partial charge on any atom is 0.391 e. The first-order valence-corrected chi connectivity index (χ1v) is 10.1. The zero-order valence-electron chi connectivity index (χ0n) is 16.4. The van der Waals surface area contributed by atoms with Crippen LogP contribution in [0.25, 0.3) is 0 Å². The van der Waals surface area contributed by atoms with E-state index in [9.17, 15) is 23.1 Å². The molecule has 2 aliphatic rings. The third kappa shape index (κ3) is 4.37. The Morgan fingerprint density at radius 2 is 1.93 bits per heavy atom. The summed E-state index contributed by atoms with van der Waals surface area (Å²) >= 11 is 0. The molecule has 0 unspecified atom stereocenters. The summed E-state index contributed by atoms with van der Waals surface area (Å²) in [5, 5.41) is 9.26. The van der Waals surface area contributed by atoms with Crippen molar-refractivity contribution in [1.29, 1.82) is 0 Å². The number of fused-ring (bicyclic) bond motifs is 1. The van der Waals surface area contributed by atoms with Crippen molar-refractivity contribution in [3.05, 3.63) is 47.8 Å². The number of ether oxygens (including phenoxy) is 1. The normalized spacial score (nSPS) is 21.4. The van der Waals surface area contributed by atoms with Gasteiger partial charge in [-0.15, -0.1) is 0 Å². The highest BCUT2D eigenvalue weighted by Crippen LogP contribution is 2.40. The molecule has 1 aliphatic carbocycles. The van der Waals surface area contributed by atoms with Crippen LogP contribution in [0.5, 0.6) is 5.75 Å². The number of carbonyl (C=O) groups is 1. The molecule has 1 aliphatic heterocycles. The van der Waals surface area contributed by atoms with Crippen LogP contribution in [-0.4, -0.2) is 35.4 Å². The molecule has 0 spiro atoms. The molecular weight excluding hydrogens is 397 g/mol. The zero-order valence-corrected chi connectivity index (χ0v) is 16.4. The van der Waals surface area contributed by atoms with Gasteiger partial charge in [0.05, 0.1) is 36.2 Å². The molecule has 0 radical (unpaired) electrons. The zero-order chi connectivity index (χ0) is 21.3. The van der Waals surface area contributed by atoms with Crippen LogP contribution in [0.15, 0.2) is 36.7 Å². The minimum atomic E-state index is -4.10. The predicted molar refractivity (Wildman–Crippen MR) is 105 cm³/mol. The van der Waals surface area contributed by atoms with Crippen molar-refractivity contribution in [1.82, 2.24) is 4.98 Å². The summed E-state index contributed by atoms with van der Waals surface area (Å²) in [6.07, 6.45) is 1.33. The molecule has 1 N–H and O–H groups in total. The Bertz CT molecular complexity index is 924. The number of aromatic carboxylic acids is 1. The molecule has 30 heavy (non-hydrogen) atoms. The van der Waals surface area contributed by atoms with E-state index in [1.807, 2.05) is 17.0 Å². The smallest absolute Gasteiger partial charge is 0.391 e. The molecule has 160 valence electrons. The highest BCUT2D eigenvalue weighted by molar-refractivity contribution is 5.90. The van der Waals surface area contributed by atoms with Gasteiger partial charge in [0.15, 0.2) is 0 Å². The first-order valence-electron chi connectivity index (χ1n) is 10.1. The van der Waals surface area contributed by atoms with Crippen molar-refractivity contribution < 1.29 is 27.8 Å². The second-order valence-electron chi connectivity index (χ2n) is 8.00. The Labute approximate surface area is 172 Å². The van der Waals surface area contributed by atoms with E-state index in [2.05, 4.69) is 4.98 Å². The number of nitrogens with zero attached hydrogens (tertiary/aromatic N) is 2. The lowest BCUT2D eigenvalue weighted by Gasteiger charge is -2.29. The Balaban J connectivity index is 1.40. The van der Waals surface area contributed by atoms with Crippen molar-refractivity contribution in [2.45, 2.75) is 38.3 Å². The van der Waals surface area contributed by atoms with Crippen LogP contribution < -0.4 is 9.64 Å². The third-order valence-corrected chi connectivity index (χ3v) is 6.03. The molecular formula is C22H23F3N2O3. The molecule has 1 saturated carbocycles. The summed E-state index contributed by atoms with van der Waals surface area (Å²) in [7, 11) is 0. The molecule has 1 fully saturated rings. The number of alkyl halides is 3. The fraction of sp³-hybridized carbons (Fsp3) is 0.455. The van der Waals surface area contributed by atoms with E-state index in [1.54, 1.807) is 24.5 Å². The van der Waals surface area contributed by atoms with Crippen LogP contribution in [0.3, 0.4) is 0 Å². The van der Waals surface area contributed by atoms with Gasteiger partial charge >= 0.3 is 12.1 Å². The van der Waals surface area contributed by atoms with Crippen LogP contribution in [0.4, 0.5) is 24.5 Å². The molecule has 5 nitrogen and oxygen atoms in total. The average Bonchev–Trinajstić information content (AvgIpc) is 3.15. The number of pyridine rings is 1. The summed E-state index contributed by atoms with van der Waals surface area (Å²) < 4.78 is 44.3. The largest absolute Gasteiger partial charge is 0.492 e. The van der Waals surface area contributed by atoms with E-state index in [0.717, 1.165) is 23.4 Å². The number of carboxylic acids is 1. The molecule has 4 rings (SSSR count). The van der Waals surface area contributed by atoms with Crippen molar-refractivity contribution in [2.75, 3.05) is 18.1 Å². The molecule has 1 aromatic carbocycles. The fourth-order valence-corrected chi connectivity index (χ4v) is 4.28. The van der Waals surface area contributed by atoms with Gasteiger partial charge < -0.3 is 14.7 Å². The Morgan fingerprint density at radius 1 is 1.17 bits per heavy atom. The van der Waals surface area contributed by atoms with Gasteiger partial charge in [0, 0.05) is 18.3 Å². The van der Waals surface area contributed by atoms with E-state index < -0.39 is 18.1 Å². The number of hydrogen-bond acceptors (Lipinski definition) is 4. The van der Waals surface area contributed by atoms with Crippen molar-refractivity contribution in [3.8, 4) is 5.75 Å². The Morgan fingerprint density at radius 3 is 2.63 bits per heavy atom. The van der Waals surface area contributed by atoms with E-state index in [4.69, 9.17) is 4.74 Å². The van der Waals surface area contributed by atoms with Gasteiger partial charge in [0.1, 0.15) is 5.75 Å². The average molecular weight is 420 g/mol. The van der Waals surface area contributed by atoms with Gasteiger partial charge in [0.2, 0.25) is 0 Å². The highest BCUT2D eigenvalue weighted by Gasteiger charge is 2.41. The minimum absolute atomic E-state index is 0.109. The summed E-state index contributed by atoms with van der Waals surface area (Å²) in [6, 6.07) is 6.95. The summed E-state index contributed by atoms with van der Waals surface area (Å²) in [4.78, 5) is 17.5. The quantitative estimate of drug-likeness (QED) is 0.718. The van der Waals surface area contributed by atoms with Gasteiger partial charge in [-0.1, -0.05) is 6.07 Å². The topological polar surface area (TPSA) is 62.7 Å². The number of anilines is 2. The van der Waals surface area contributed by atoms with Gasteiger partial charge in [-0.3, -0.25) is 4.98 Å². The fourth-order valence-electron chi connectivity index (χ4n) is 4.28. The number of halogens is 3.